The van der Waals surface area contributed by atoms with Crippen LogP contribution in [-0.2, 0) is 0 Å². The molecule has 0 fully saturated rings. The van der Waals surface area contributed by atoms with E-state index < -0.39 is 0 Å². The van der Waals surface area contributed by atoms with Crippen molar-refractivity contribution in [3.05, 3.63) is 88.5 Å². The highest BCUT2D eigenvalue weighted by molar-refractivity contribution is 7.10. The lowest BCUT2D eigenvalue weighted by Gasteiger charge is -2.16. The molecule has 0 bridgehead atoms. The Morgan fingerprint density at radius 3 is 2.67 bits per heavy atom. The number of hydrogen-bond acceptors (Lipinski definition) is 2. The number of thiophene rings is 1. The molecule has 0 saturated heterocycles. The van der Waals surface area contributed by atoms with Crippen molar-refractivity contribution in [2.45, 2.75) is 5.92 Å². The Bertz CT molecular complexity index is 1040. The lowest BCUT2D eigenvalue weighted by atomic mass is 9.97. The summed E-state index contributed by atoms with van der Waals surface area (Å²) in [6.07, 6.45) is 2.01. The van der Waals surface area contributed by atoms with E-state index in [1.165, 1.54) is 29.1 Å². The third-order valence-corrected chi connectivity index (χ3v) is 5.44. The Labute approximate surface area is 160 Å². The predicted octanol–water partition coefficient (Wildman–Crippen LogP) is 5.32. The van der Waals surface area contributed by atoms with Crippen LogP contribution in [0.15, 0.2) is 72.2 Å². The fourth-order valence-corrected chi connectivity index (χ4v) is 3.98. The highest BCUT2D eigenvalue weighted by Crippen LogP contribution is 2.32. The molecule has 0 aliphatic rings. The number of amides is 2. The summed E-state index contributed by atoms with van der Waals surface area (Å²) in [5.41, 5.74) is 2.77. The third kappa shape index (κ3) is 3.85. The Kier molecular flexibility index (Phi) is 4.89. The number of nitrogens with one attached hydrogen (secondary N) is 3. The molecule has 1 unspecified atom stereocenters. The molecule has 6 heteroatoms. The second-order valence-electron chi connectivity index (χ2n) is 6.20. The van der Waals surface area contributed by atoms with E-state index in [4.69, 9.17) is 0 Å². The fourth-order valence-electron chi connectivity index (χ4n) is 3.14. The lowest BCUT2D eigenvalue weighted by Crippen LogP contribution is -2.32. The molecule has 0 radical (unpaired) electrons. The minimum absolute atomic E-state index is 0.0418. The Morgan fingerprint density at radius 1 is 1.07 bits per heavy atom. The minimum atomic E-state index is -0.335. The number of rotatable bonds is 5. The molecule has 1 atom stereocenters. The molecule has 3 N–H and O–H groups in total. The number of anilines is 1. The number of halogens is 1. The summed E-state index contributed by atoms with van der Waals surface area (Å²) in [5, 5.41) is 8.85. The first-order chi connectivity index (χ1) is 13.2. The van der Waals surface area contributed by atoms with Crippen molar-refractivity contribution in [2.24, 2.45) is 0 Å². The van der Waals surface area contributed by atoms with E-state index in [1.807, 2.05) is 35.8 Å². The quantitative estimate of drug-likeness (QED) is 0.432. The van der Waals surface area contributed by atoms with Gasteiger partial charge in [0.15, 0.2) is 0 Å². The smallest absolute Gasteiger partial charge is 0.319 e. The lowest BCUT2D eigenvalue weighted by molar-refractivity contribution is 0.252. The van der Waals surface area contributed by atoms with Gasteiger partial charge < -0.3 is 15.6 Å². The Balaban J connectivity index is 1.52. The summed E-state index contributed by atoms with van der Waals surface area (Å²) < 4.78 is 13.0. The van der Waals surface area contributed by atoms with Crippen molar-refractivity contribution >= 4 is 34.0 Å². The van der Waals surface area contributed by atoms with Crippen LogP contribution in [0.1, 0.15) is 16.4 Å². The summed E-state index contributed by atoms with van der Waals surface area (Å²) in [6.45, 7) is 0.454. The van der Waals surface area contributed by atoms with Gasteiger partial charge in [-0.2, -0.15) is 0 Å². The third-order valence-electron chi connectivity index (χ3n) is 4.45. The number of benzene rings is 2. The highest BCUT2D eigenvalue weighted by Gasteiger charge is 2.20. The van der Waals surface area contributed by atoms with Crippen molar-refractivity contribution in [1.29, 1.82) is 0 Å². The van der Waals surface area contributed by atoms with Crippen LogP contribution in [0.5, 0.6) is 0 Å². The number of aromatic nitrogens is 1. The van der Waals surface area contributed by atoms with Crippen molar-refractivity contribution in [2.75, 3.05) is 11.9 Å². The van der Waals surface area contributed by atoms with Gasteiger partial charge in [0.2, 0.25) is 0 Å². The summed E-state index contributed by atoms with van der Waals surface area (Å²) >= 11 is 1.67. The largest absolute Gasteiger partial charge is 0.361 e. The first kappa shape index (κ1) is 17.3. The number of fused-ring (bicyclic) bond motifs is 1. The van der Waals surface area contributed by atoms with E-state index in [-0.39, 0.29) is 17.8 Å². The van der Waals surface area contributed by atoms with Crippen molar-refractivity contribution in [3.63, 3.8) is 0 Å². The zero-order valence-electron chi connectivity index (χ0n) is 14.4. The molecule has 0 aliphatic carbocycles. The molecule has 2 amide bonds. The van der Waals surface area contributed by atoms with Gasteiger partial charge in [-0.25, -0.2) is 9.18 Å². The summed E-state index contributed by atoms with van der Waals surface area (Å²) in [4.78, 5) is 16.8. The van der Waals surface area contributed by atoms with Crippen molar-refractivity contribution in [3.8, 4) is 0 Å². The molecule has 4 nitrogen and oxygen atoms in total. The van der Waals surface area contributed by atoms with Crippen LogP contribution in [0.2, 0.25) is 0 Å². The standard InChI is InChI=1S/C21H18FN3OS/c22-14-7-9-15(10-8-14)25-21(26)24-13-18(20-6-3-11-27-20)17-12-23-19-5-2-1-4-16(17)19/h1-12,18,23H,13H2,(H2,24,25,26). The van der Waals surface area contributed by atoms with E-state index >= 15 is 0 Å². The molecule has 4 aromatic rings. The van der Waals surface area contributed by atoms with Crippen LogP contribution < -0.4 is 10.6 Å². The summed E-state index contributed by atoms with van der Waals surface area (Å²) in [6, 6.07) is 17.6. The van der Waals surface area contributed by atoms with Crippen LogP contribution >= 0.6 is 11.3 Å². The van der Waals surface area contributed by atoms with Gasteiger partial charge in [-0.15, -0.1) is 11.3 Å². The average Bonchev–Trinajstić information content (AvgIpc) is 3.35. The van der Waals surface area contributed by atoms with Gasteiger partial charge >= 0.3 is 6.03 Å². The summed E-state index contributed by atoms with van der Waals surface area (Å²) in [7, 11) is 0. The van der Waals surface area contributed by atoms with Crippen LogP contribution in [0, 0.1) is 5.82 Å². The average molecular weight is 379 g/mol. The van der Waals surface area contributed by atoms with Gasteiger partial charge in [-0.05, 0) is 47.3 Å². The maximum Gasteiger partial charge on any atom is 0.319 e. The van der Waals surface area contributed by atoms with Crippen molar-refractivity contribution < 1.29 is 9.18 Å². The van der Waals surface area contributed by atoms with Crippen LogP contribution in [0.3, 0.4) is 0 Å². The molecule has 0 aliphatic heterocycles. The molecule has 2 aromatic heterocycles. The van der Waals surface area contributed by atoms with Gasteiger partial charge in [0.05, 0.1) is 0 Å². The van der Waals surface area contributed by atoms with E-state index in [1.54, 1.807) is 11.3 Å². The topological polar surface area (TPSA) is 56.9 Å². The predicted molar refractivity (Wildman–Crippen MR) is 108 cm³/mol. The molecule has 2 heterocycles. The van der Waals surface area contributed by atoms with Gasteiger partial charge in [0.25, 0.3) is 0 Å². The second kappa shape index (κ2) is 7.63. The van der Waals surface area contributed by atoms with Crippen molar-refractivity contribution in [1.82, 2.24) is 10.3 Å². The minimum Gasteiger partial charge on any atom is -0.361 e. The van der Waals surface area contributed by atoms with Gasteiger partial charge in [0.1, 0.15) is 5.82 Å². The molecule has 27 heavy (non-hydrogen) atoms. The van der Waals surface area contributed by atoms with E-state index in [0.717, 1.165) is 16.5 Å². The molecule has 0 saturated carbocycles. The maximum atomic E-state index is 13.0. The van der Waals surface area contributed by atoms with Crippen LogP contribution in [0.4, 0.5) is 14.9 Å². The van der Waals surface area contributed by atoms with E-state index in [0.29, 0.717) is 12.2 Å². The van der Waals surface area contributed by atoms with Gasteiger partial charge in [-0.1, -0.05) is 24.3 Å². The monoisotopic (exact) mass is 379 g/mol. The SMILES string of the molecule is O=C(NCC(c1cccs1)c1c[nH]c2ccccc12)Nc1ccc(F)cc1. The van der Waals surface area contributed by atoms with Crippen LogP contribution in [0.25, 0.3) is 10.9 Å². The number of aromatic amines is 1. The van der Waals surface area contributed by atoms with Gasteiger partial charge in [0, 0.05) is 40.1 Å². The first-order valence-corrected chi connectivity index (χ1v) is 9.48. The number of para-hydroxylation sites is 1. The first-order valence-electron chi connectivity index (χ1n) is 8.60. The number of urea groups is 1. The van der Waals surface area contributed by atoms with Crippen LogP contribution in [-0.4, -0.2) is 17.6 Å². The fraction of sp³-hybridized carbons (Fsp3) is 0.0952. The van der Waals surface area contributed by atoms with E-state index in [9.17, 15) is 9.18 Å². The molecule has 0 spiro atoms. The number of carbonyl (C=O) groups is 1. The molecule has 4 rings (SSSR count). The second-order valence-corrected chi connectivity index (χ2v) is 7.18. The number of H-pyrrole nitrogens is 1. The zero-order valence-corrected chi connectivity index (χ0v) is 15.2. The summed E-state index contributed by atoms with van der Waals surface area (Å²) in [5.74, 6) is -0.293. The Hall–Kier alpha value is -3.12. The highest BCUT2D eigenvalue weighted by atomic mass is 32.1. The Morgan fingerprint density at radius 2 is 1.89 bits per heavy atom. The molecular formula is C21H18FN3OS. The maximum absolute atomic E-state index is 13.0. The molecule has 136 valence electrons. The van der Waals surface area contributed by atoms with Gasteiger partial charge in [-0.3, -0.25) is 0 Å². The number of hydrogen-bond donors (Lipinski definition) is 3. The van der Waals surface area contributed by atoms with E-state index in [2.05, 4.69) is 27.8 Å². The molecular weight excluding hydrogens is 361 g/mol. The molecule has 2 aromatic carbocycles. The zero-order chi connectivity index (χ0) is 18.6. The normalized spacial score (nSPS) is 12.0. The number of carbonyl (C=O) groups excluding carboxylic acids is 1.